The van der Waals surface area contributed by atoms with Crippen LogP contribution in [0, 0.1) is 0 Å². The highest BCUT2D eigenvalue weighted by atomic mass is 16.6. The number of hydrogen-bond acceptors (Lipinski definition) is 8. The lowest BCUT2D eigenvalue weighted by Gasteiger charge is -2.32. The van der Waals surface area contributed by atoms with Gasteiger partial charge < -0.3 is 30.7 Å². The van der Waals surface area contributed by atoms with Crippen LogP contribution in [-0.4, -0.2) is 53.3 Å². The van der Waals surface area contributed by atoms with E-state index in [4.69, 9.17) is 15.2 Å². The summed E-state index contributed by atoms with van der Waals surface area (Å²) in [5.74, 6) is 0.912. The number of nitrogen functional groups attached to an aromatic ring is 1. The zero-order valence-corrected chi connectivity index (χ0v) is 19.6. The van der Waals surface area contributed by atoms with Crippen LogP contribution in [0.4, 0.5) is 22.2 Å². The molecule has 178 valence electrons. The number of nitrogens with two attached hydrogens (primary N) is 1. The van der Waals surface area contributed by atoms with Gasteiger partial charge in [0, 0.05) is 31.0 Å². The number of hydrogen-bond donors (Lipinski definition) is 3. The molecule has 0 radical (unpaired) electrons. The summed E-state index contributed by atoms with van der Waals surface area (Å²) in [5.41, 5.74) is 6.36. The average Bonchev–Trinajstić information content (AvgIpc) is 2.74. The van der Waals surface area contributed by atoms with Gasteiger partial charge in [0.2, 0.25) is 5.95 Å². The second-order valence-corrected chi connectivity index (χ2v) is 8.79. The van der Waals surface area contributed by atoms with E-state index in [-0.39, 0.29) is 23.3 Å². The van der Waals surface area contributed by atoms with Crippen molar-refractivity contribution in [2.45, 2.75) is 52.2 Å². The molecule has 1 aromatic heterocycles. The monoisotopic (exact) mass is 456 g/mol. The molecule has 33 heavy (non-hydrogen) atoms. The highest BCUT2D eigenvalue weighted by Gasteiger charge is 2.25. The normalized spacial score (nSPS) is 14.5. The highest BCUT2D eigenvalue weighted by Crippen LogP contribution is 2.21. The Morgan fingerprint density at radius 3 is 2.42 bits per heavy atom. The van der Waals surface area contributed by atoms with Gasteiger partial charge in [0.15, 0.2) is 0 Å². The van der Waals surface area contributed by atoms with Gasteiger partial charge in [-0.15, -0.1) is 0 Å². The largest absolute Gasteiger partial charge is 0.494 e. The Kier molecular flexibility index (Phi) is 7.57. The van der Waals surface area contributed by atoms with Gasteiger partial charge in [-0.25, -0.2) is 9.78 Å². The molecule has 0 bridgehead atoms. The number of rotatable bonds is 6. The molecule has 0 aliphatic carbocycles. The average molecular weight is 457 g/mol. The van der Waals surface area contributed by atoms with E-state index in [2.05, 4.69) is 20.6 Å². The van der Waals surface area contributed by atoms with Crippen LogP contribution in [0.2, 0.25) is 0 Å². The first-order valence-electron chi connectivity index (χ1n) is 11.1. The maximum Gasteiger partial charge on any atom is 0.407 e. The molecule has 2 aromatic rings. The van der Waals surface area contributed by atoms with E-state index in [0.717, 1.165) is 18.6 Å². The summed E-state index contributed by atoms with van der Waals surface area (Å²) in [4.78, 5) is 35.2. The molecule has 0 saturated carbocycles. The lowest BCUT2D eigenvalue weighted by Crippen LogP contribution is -2.46. The van der Waals surface area contributed by atoms with Crippen molar-refractivity contribution in [2.24, 2.45) is 0 Å². The standard InChI is InChI=1S/C23H32N6O4/c1-5-32-17-8-6-15(7-9-17)26-20(30)18-14-25-21(28-19(18)24)29-12-10-16(11-13-29)27-22(31)33-23(2,3)4/h6-9,14,16H,5,10-13H2,1-4H3,(H,26,30)(H,27,31)(H2,24,25,28). The minimum atomic E-state index is -0.531. The number of piperidine rings is 1. The van der Waals surface area contributed by atoms with Gasteiger partial charge in [-0.3, -0.25) is 4.79 Å². The van der Waals surface area contributed by atoms with Gasteiger partial charge in [-0.05, 0) is 64.8 Å². The van der Waals surface area contributed by atoms with Crippen LogP contribution in [0.3, 0.4) is 0 Å². The van der Waals surface area contributed by atoms with E-state index in [1.807, 2.05) is 32.6 Å². The Morgan fingerprint density at radius 2 is 1.85 bits per heavy atom. The molecule has 0 atom stereocenters. The second kappa shape index (κ2) is 10.4. The van der Waals surface area contributed by atoms with Crippen molar-refractivity contribution in [1.29, 1.82) is 0 Å². The third kappa shape index (κ3) is 6.96. The Morgan fingerprint density at radius 1 is 1.18 bits per heavy atom. The summed E-state index contributed by atoms with van der Waals surface area (Å²) in [6.07, 6.45) is 2.47. The van der Waals surface area contributed by atoms with E-state index in [1.54, 1.807) is 24.3 Å². The SMILES string of the molecule is CCOc1ccc(NC(=O)c2cnc(N3CCC(NC(=O)OC(C)(C)C)CC3)nc2N)cc1. The van der Waals surface area contributed by atoms with Crippen molar-refractivity contribution >= 4 is 29.5 Å². The predicted molar refractivity (Wildman–Crippen MR) is 127 cm³/mol. The Labute approximate surface area is 193 Å². The summed E-state index contributed by atoms with van der Waals surface area (Å²) in [6, 6.07) is 7.09. The van der Waals surface area contributed by atoms with Crippen molar-refractivity contribution in [1.82, 2.24) is 15.3 Å². The van der Waals surface area contributed by atoms with Gasteiger partial charge in [-0.2, -0.15) is 4.98 Å². The number of alkyl carbamates (subject to hydrolysis) is 1. The summed E-state index contributed by atoms with van der Waals surface area (Å²) in [5, 5.41) is 5.69. The molecule has 4 N–H and O–H groups in total. The molecular formula is C23H32N6O4. The fourth-order valence-corrected chi connectivity index (χ4v) is 3.41. The van der Waals surface area contributed by atoms with E-state index in [1.165, 1.54) is 6.20 Å². The minimum absolute atomic E-state index is 0.0209. The zero-order chi connectivity index (χ0) is 24.0. The minimum Gasteiger partial charge on any atom is -0.494 e. The van der Waals surface area contributed by atoms with E-state index in [9.17, 15) is 9.59 Å². The van der Waals surface area contributed by atoms with E-state index in [0.29, 0.717) is 31.3 Å². The van der Waals surface area contributed by atoms with Gasteiger partial charge >= 0.3 is 6.09 Å². The first-order chi connectivity index (χ1) is 15.6. The van der Waals surface area contributed by atoms with Crippen molar-refractivity contribution < 1.29 is 19.1 Å². The second-order valence-electron chi connectivity index (χ2n) is 8.79. The van der Waals surface area contributed by atoms with Gasteiger partial charge in [-0.1, -0.05) is 0 Å². The molecule has 0 unspecified atom stereocenters. The molecule has 1 aliphatic rings. The van der Waals surface area contributed by atoms with Gasteiger partial charge in [0.1, 0.15) is 22.7 Å². The van der Waals surface area contributed by atoms with Crippen LogP contribution in [0.15, 0.2) is 30.5 Å². The Bertz CT molecular complexity index is 966. The highest BCUT2D eigenvalue weighted by molar-refractivity contribution is 6.07. The van der Waals surface area contributed by atoms with Crippen LogP contribution in [0.1, 0.15) is 50.9 Å². The summed E-state index contributed by atoms with van der Waals surface area (Å²) in [6.45, 7) is 9.28. The molecule has 2 heterocycles. The predicted octanol–water partition coefficient (Wildman–Crippen LogP) is 3.20. The lowest BCUT2D eigenvalue weighted by atomic mass is 10.1. The molecular weight excluding hydrogens is 424 g/mol. The summed E-state index contributed by atoms with van der Waals surface area (Å²) < 4.78 is 10.7. The van der Waals surface area contributed by atoms with Crippen molar-refractivity contribution in [3.05, 3.63) is 36.0 Å². The van der Waals surface area contributed by atoms with Crippen LogP contribution in [-0.2, 0) is 4.74 Å². The maximum atomic E-state index is 12.6. The molecule has 0 spiro atoms. The number of nitrogens with zero attached hydrogens (tertiary/aromatic N) is 3. The van der Waals surface area contributed by atoms with Crippen LogP contribution in [0.5, 0.6) is 5.75 Å². The van der Waals surface area contributed by atoms with Crippen molar-refractivity contribution in [3.63, 3.8) is 0 Å². The fourth-order valence-electron chi connectivity index (χ4n) is 3.41. The fraction of sp³-hybridized carbons (Fsp3) is 0.478. The third-order valence-corrected chi connectivity index (χ3v) is 4.97. The number of benzene rings is 1. The topological polar surface area (TPSA) is 132 Å². The number of ether oxygens (including phenoxy) is 2. The lowest BCUT2D eigenvalue weighted by molar-refractivity contribution is 0.0497. The molecule has 1 fully saturated rings. The number of aromatic nitrogens is 2. The smallest absolute Gasteiger partial charge is 0.407 e. The van der Waals surface area contributed by atoms with Gasteiger partial charge in [0.05, 0.1) is 6.61 Å². The first-order valence-corrected chi connectivity index (χ1v) is 11.1. The molecule has 1 saturated heterocycles. The van der Waals surface area contributed by atoms with Crippen LogP contribution in [0.25, 0.3) is 0 Å². The third-order valence-electron chi connectivity index (χ3n) is 4.97. The number of nitrogens with one attached hydrogen (secondary N) is 2. The van der Waals surface area contributed by atoms with Gasteiger partial charge in [0.25, 0.3) is 5.91 Å². The molecule has 1 aromatic carbocycles. The summed E-state index contributed by atoms with van der Waals surface area (Å²) in [7, 11) is 0. The zero-order valence-electron chi connectivity index (χ0n) is 19.6. The van der Waals surface area contributed by atoms with Crippen molar-refractivity contribution in [3.8, 4) is 5.75 Å². The van der Waals surface area contributed by atoms with Crippen molar-refractivity contribution in [2.75, 3.05) is 35.6 Å². The first kappa shape index (κ1) is 24.1. The van der Waals surface area contributed by atoms with E-state index >= 15 is 0 Å². The number of carbonyl (C=O) groups excluding carboxylic acids is 2. The molecule has 2 amide bonds. The molecule has 10 heteroatoms. The Balaban J connectivity index is 1.55. The van der Waals surface area contributed by atoms with E-state index < -0.39 is 11.7 Å². The number of amides is 2. The van der Waals surface area contributed by atoms with Crippen LogP contribution < -0.4 is 26.0 Å². The molecule has 1 aliphatic heterocycles. The summed E-state index contributed by atoms with van der Waals surface area (Å²) >= 11 is 0. The number of anilines is 3. The molecule has 3 rings (SSSR count). The van der Waals surface area contributed by atoms with Crippen LogP contribution >= 0.6 is 0 Å². The molecule has 10 nitrogen and oxygen atoms in total. The maximum absolute atomic E-state index is 12.6. The quantitative estimate of drug-likeness (QED) is 0.604. The number of carbonyl (C=O) groups is 2. The Hall–Kier alpha value is -3.56.